The zero-order valence-corrected chi connectivity index (χ0v) is 20.9. The number of ether oxygens (including phenoxy) is 2. The van der Waals surface area contributed by atoms with Gasteiger partial charge >= 0.3 is 0 Å². The van der Waals surface area contributed by atoms with Gasteiger partial charge in [-0.1, -0.05) is 11.6 Å². The average molecular weight is 505 g/mol. The predicted octanol–water partition coefficient (Wildman–Crippen LogP) is 3.54. The summed E-state index contributed by atoms with van der Waals surface area (Å²) in [5.74, 6) is -0.377. The molecular formula is C23H25ClN4O5S. The first kappa shape index (κ1) is 25.3. The number of nitrogens with zero attached hydrogens (tertiary/aromatic N) is 1. The molecule has 9 nitrogen and oxygen atoms in total. The lowest BCUT2D eigenvalue weighted by Crippen LogP contribution is -2.41. The molecule has 0 aliphatic rings. The summed E-state index contributed by atoms with van der Waals surface area (Å²) in [6.45, 7) is 1.77. The first-order valence-electron chi connectivity index (χ1n) is 10.2. The molecule has 3 aromatic rings. The number of benzene rings is 2. The van der Waals surface area contributed by atoms with Crippen molar-refractivity contribution >= 4 is 56.4 Å². The van der Waals surface area contributed by atoms with Gasteiger partial charge in [0.05, 0.1) is 31.0 Å². The van der Waals surface area contributed by atoms with Gasteiger partial charge in [0.2, 0.25) is 5.91 Å². The molecule has 0 fully saturated rings. The minimum Gasteiger partial charge on any atom is -0.497 e. The monoisotopic (exact) mass is 504 g/mol. The number of nitrogens with one attached hydrogen (secondary N) is 3. The number of methoxy groups -OCH3 is 2. The van der Waals surface area contributed by atoms with Crippen LogP contribution in [-0.4, -0.2) is 57.0 Å². The summed E-state index contributed by atoms with van der Waals surface area (Å²) in [5, 5.41) is 3.79. The van der Waals surface area contributed by atoms with E-state index in [0.717, 1.165) is 10.1 Å². The minimum absolute atomic E-state index is 0.217. The molecule has 1 aromatic heterocycles. The Morgan fingerprint density at radius 1 is 1.00 bits per heavy atom. The van der Waals surface area contributed by atoms with Crippen LogP contribution in [0, 0.1) is 0 Å². The number of hydrogen-bond donors (Lipinski definition) is 3. The molecule has 34 heavy (non-hydrogen) atoms. The molecule has 0 saturated carbocycles. The van der Waals surface area contributed by atoms with Crippen molar-refractivity contribution < 1.29 is 23.9 Å². The van der Waals surface area contributed by atoms with Crippen molar-refractivity contribution in [3.8, 4) is 11.5 Å². The molecule has 1 unspecified atom stereocenters. The van der Waals surface area contributed by atoms with Crippen LogP contribution in [0.4, 0.5) is 5.69 Å². The van der Waals surface area contributed by atoms with Crippen LogP contribution in [0.5, 0.6) is 11.5 Å². The van der Waals surface area contributed by atoms with E-state index < -0.39 is 11.8 Å². The van der Waals surface area contributed by atoms with Gasteiger partial charge in [0, 0.05) is 15.6 Å². The van der Waals surface area contributed by atoms with Gasteiger partial charge in [0.1, 0.15) is 16.4 Å². The zero-order chi connectivity index (χ0) is 25.0. The number of hydrogen-bond acceptors (Lipinski definition) is 7. The summed E-state index contributed by atoms with van der Waals surface area (Å²) < 4.78 is 11.3. The van der Waals surface area contributed by atoms with Crippen molar-refractivity contribution in [3.05, 3.63) is 51.9 Å². The maximum Gasteiger partial charge on any atom is 0.281 e. The fourth-order valence-electron chi connectivity index (χ4n) is 2.97. The molecule has 0 radical (unpaired) electrons. The Balaban J connectivity index is 1.70. The number of halogens is 1. The van der Waals surface area contributed by atoms with Gasteiger partial charge in [-0.15, -0.1) is 11.3 Å². The van der Waals surface area contributed by atoms with Gasteiger partial charge in [-0.25, -0.2) is 0 Å². The Labute approximate surface area is 205 Å². The molecule has 3 N–H and O–H groups in total. The van der Waals surface area contributed by atoms with Crippen LogP contribution in [0.25, 0.3) is 10.1 Å². The number of likely N-dealkylation sites (N-methyl/N-ethyl adjacent to an activating group) is 1. The van der Waals surface area contributed by atoms with E-state index in [9.17, 15) is 14.4 Å². The third-order valence-corrected chi connectivity index (χ3v) is 6.86. The molecule has 0 aliphatic heterocycles. The fraction of sp³-hybridized carbons (Fsp3) is 0.261. The number of carbonyl (C=O) groups is 3. The number of hydrazine groups is 1. The third-order valence-electron chi connectivity index (χ3n) is 5.21. The second-order valence-electron chi connectivity index (χ2n) is 7.56. The van der Waals surface area contributed by atoms with Crippen molar-refractivity contribution in [3.63, 3.8) is 0 Å². The molecule has 11 heteroatoms. The zero-order valence-electron chi connectivity index (χ0n) is 19.3. The van der Waals surface area contributed by atoms with E-state index in [4.69, 9.17) is 21.1 Å². The molecule has 0 aliphatic carbocycles. The molecule has 1 heterocycles. The normalized spacial score (nSPS) is 11.7. The van der Waals surface area contributed by atoms with Gasteiger partial charge in [0.25, 0.3) is 11.8 Å². The Hall–Kier alpha value is -3.34. The topological polar surface area (TPSA) is 109 Å². The number of anilines is 1. The summed E-state index contributed by atoms with van der Waals surface area (Å²) in [6.07, 6.45) is 0. The molecular weight excluding hydrogens is 480 g/mol. The lowest BCUT2D eigenvalue weighted by atomic mass is 10.1. The lowest BCUT2D eigenvalue weighted by molar-refractivity contribution is -0.119. The van der Waals surface area contributed by atoms with E-state index >= 15 is 0 Å². The maximum absolute atomic E-state index is 12.6. The summed E-state index contributed by atoms with van der Waals surface area (Å²) in [4.78, 5) is 39.6. The highest BCUT2D eigenvalue weighted by atomic mass is 35.5. The molecule has 180 valence electrons. The molecule has 3 rings (SSSR count). The number of thiophene rings is 1. The summed E-state index contributed by atoms with van der Waals surface area (Å²) >= 11 is 7.55. The van der Waals surface area contributed by atoms with Gasteiger partial charge in [0.15, 0.2) is 0 Å². The summed E-state index contributed by atoms with van der Waals surface area (Å²) in [6, 6.07) is 9.50. The number of rotatable bonds is 7. The maximum atomic E-state index is 12.6. The van der Waals surface area contributed by atoms with E-state index in [0.29, 0.717) is 22.2 Å². The van der Waals surface area contributed by atoms with E-state index in [1.54, 1.807) is 57.3 Å². The highest BCUT2D eigenvalue weighted by Crippen LogP contribution is 2.37. The van der Waals surface area contributed by atoms with Crippen molar-refractivity contribution in [1.29, 1.82) is 0 Å². The van der Waals surface area contributed by atoms with Crippen LogP contribution in [0.1, 0.15) is 27.0 Å². The number of amides is 3. The van der Waals surface area contributed by atoms with Crippen molar-refractivity contribution in [1.82, 2.24) is 15.8 Å². The van der Waals surface area contributed by atoms with Crippen LogP contribution in [0.15, 0.2) is 36.4 Å². The third kappa shape index (κ3) is 5.41. The molecule has 2 aromatic carbocycles. The Morgan fingerprint density at radius 3 is 2.35 bits per heavy atom. The van der Waals surface area contributed by atoms with Crippen LogP contribution in [0.2, 0.25) is 5.02 Å². The van der Waals surface area contributed by atoms with E-state index in [1.807, 2.05) is 0 Å². The molecule has 0 bridgehead atoms. The number of carbonyl (C=O) groups excluding carboxylic acids is 3. The van der Waals surface area contributed by atoms with Crippen molar-refractivity contribution in [2.45, 2.75) is 13.0 Å². The van der Waals surface area contributed by atoms with Gasteiger partial charge in [-0.05, 0) is 57.4 Å². The number of fused-ring (bicyclic) bond motifs is 1. The Kier molecular flexibility index (Phi) is 7.98. The second kappa shape index (κ2) is 10.7. The van der Waals surface area contributed by atoms with Crippen LogP contribution < -0.4 is 25.6 Å². The Morgan fingerprint density at radius 2 is 1.71 bits per heavy atom. The molecule has 1 atom stereocenters. The van der Waals surface area contributed by atoms with E-state index in [2.05, 4.69) is 16.2 Å². The molecule has 0 saturated heterocycles. The van der Waals surface area contributed by atoms with E-state index in [-0.39, 0.29) is 22.4 Å². The van der Waals surface area contributed by atoms with Crippen LogP contribution in [0.3, 0.4) is 0 Å². The first-order chi connectivity index (χ1) is 16.2. The molecule has 3 amide bonds. The minimum atomic E-state index is -0.565. The van der Waals surface area contributed by atoms with Crippen LogP contribution >= 0.6 is 22.9 Å². The standard InChI is InChI=1S/C23H25ClN4O5S/c1-12(28(2)3)21(29)25-16-9-6-13(10-17(16)33-5)22(30)26-27-23(31)20-19(24)15-8-7-14(32-4)11-18(15)34-20/h6-12H,1-5H3,(H,25,29)(H,26,30)(H,27,31). The van der Waals surface area contributed by atoms with Gasteiger partial charge in [-0.3, -0.25) is 30.1 Å². The van der Waals surface area contributed by atoms with Crippen molar-refractivity contribution in [2.75, 3.05) is 33.6 Å². The Bertz CT molecular complexity index is 1240. The van der Waals surface area contributed by atoms with Gasteiger partial charge in [-0.2, -0.15) is 0 Å². The first-order valence-corrected chi connectivity index (χ1v) is 11.4. The smallest absolute Gasteiger partial charge is 0.281 e. The fourth-order valence-corrected chi connectivity index (χ4v) is 4.41. The predicted molar refractivity (Wildman–Crippen MR) is 133 cm³/mol. The highest BCUT2D eigenvalue weighted by molar-refractivity contribution is 7.21. The largest absolute Gasteiger partial charge is 0.497 e. The highest BCUT2D eigenvalue weighted by Gasteiger charge is 2.20. The SMILES string of the molecule is COc1ccc2c(Cl)c(C(=O)NNC(=O)c3ccc(NC(=O)C(C)N(C)C)c(OC)c3)sc2c1. The quantitative estimate of drug-likeness (QED) is 0.425. The van der Waals surface area contributed by atoms with E-state index in [1.165, 1.54) is 30.6 Å². The second-order valence-corrected chi connectivity index (χ2v) is 8.99. The van der Waals surface area contributed by atoms with Crippen LogP contribution in [-0.2, 0) is 4.79 Å². The van der Waals surface area contributed by atoms with Crippen molar-refractivity contribution in [2.24, 2.45) is 0 Å². The molecule has 0 spiro atoms. The average Bonchev–Trinajstić information content (AvgIpc) is 3.17. The summed E-state index contributed by atoms with van der Waals surface area (Å²) in [7, 11) is 6.58. The lowest BCUT2D eigenvalue weighted by Gasteiger charge is -2.20. The summed E-state index contributed by atoms with van der Waals surface area (Å²) in [5.41, 5.74) is 5.40. The van der Waals surface area contributed by atoms with Gasteiger partial charge < -0.3 is 14.8 Å².